The van der Waals surface area contributed by atoms with Gasteiger partial charge in [0.25, 0.3) is 6.01 Å². The van der Waals surface area contributed by atoms with E-state index in [1.54, 1.807) is 0 Å². The molecule has 2 rings (SSSR count). The summed E-state index contributed by atoms with van der Waals surface area (Å²) in [5.74, 6) is 0. The van der Waals surface area contributed by atoms with Gasteiger partial charge >= 0.3 is 0 Å². The molecule has 1 heterocycles. The van der Waals surface area contributed by atoms with Crippen LogP contribution in [0.4, 0.5) is 6.01 Å². The van der Waals surface area contributed by atoms with Gasteiger partial charge in [-0.15, -0.1) is 0 Å². The Labute approximate surface area is 102 Å². The molecule has 1 aromatic carbocycles. The van der Waals surface area contributed by atoms with Gasteiger partial charge in [0.05, 0.1) is 3.57 Å². The van der Waals surface area contributed by atoms with Crippen molar-refractivity contribution in [3.63, 3.8) is 0 Å². The molecule has 1 aromatic heterocycles. The second-order valence-corrected chi connectivity index (χ2v) is 4.68. The van der Waals surface area contributed by atoms with E-state index in [2.05, 4.69) is 27.6 Å². The Bertz CT molecular complexity index is 493. The number of fused-ring (bicyclic) bond motifs is 1. The molecule has 0 bridgehead atoms. The van der Waals surface area contributed by atoms with Crippen molar-refractivity contribution < 1.29 is 4.42 Å². The molecule has 0 radical (unpaired) electrons. The molecule has 2 aromatic rings. The fourth-order valence-corrected chi connectivity index (χ4v) is 2.13. The molecule has 0 spiro atoms. The van der Waals surface area contributed by atoms with Crippen LogP contribution in [0.15, 0.2) is 16.5 Å². The number of anilines is 1. The van der Waals surface area contributed by atoms with Crippen LogP contribution in [0, 0.1) is 3.57 Å². The van der Waals surface area contributed by atoms with Crippen molar-refractivity contribution >= 4 is 39.7 Å². The lowest BCUT2D eigenvalue weighted by atomic mass is 10.2. The van der Waals surface area contributed by atoms with E-state index >= 15 is 0 Å². The predicted molar refractivity (Wildman–Crippen MR) is 68.9 cm³/mol. The average Bonchev–Trinajstić information content (AvgIpc) is 2.61. The molecule has 0 aliphatic rings. The Balaban J connectivity index is 2.64. The largest absolute Gasteiger partial charge is 0.422 e. The van der Waals surface area contributed by atoms with E-state index in [1.165, 1.54) is 0 Å². The van der Waals surface area contributed by atoms with E-state index in [0.29, 0.717) is 12.6 Å². The molecule has 5 heteroatoms. The molecule has 0 saturated carbocycles. The van der Waals surface area contributed by atoms with Gasteiger partial charge in [0.1, 0.15) is 5.52 Å². The number of nitrogens with two attached hydrogens (primary N) is 1. The number of hydrogen-bond acceptors (Lipinski definition) is 4. The number of hydrogen-bond donors (Lipinski definition) is 1. The Morgan fingerprint density at radius 2 is 2.20 bits per heavy atom. The lowest BCUT2D eigenvalue weighted by Gasteiger charge is -2.03. The highest BCUT2D eigenvalue weighted by Crippen LogP contribution is 2.26. The van der Waals surface area contributed by atoms with Crippen LogP contribution < -0.4 is 10.6 Å². The monoisotopic (exact) mass is 317 g/mol. The minimum atomic E-state index is 0.524. The molecule has 2 N–H and O–H groups in total. The van der Waals surface area contributed by atoms with Crippen molar-refractivity contribution in [1.29, 1.82) is 0 Å². The zero-order valence-corrected chi connectivity index (χ0v) is 10.8. The standard InChI is InChI=1S/C10H12IN3O/c1-14(2)10-13-8-4-6(5-12)3-7(11)9(8)15-10/h3-4H,5,12H2,1-2H3. The second kappa shape index (κ2) is 3.97. The average molecular weight is 317 g/mol. The molecule has 4 nitrogen and oxygen atoms in total. The molecule has 0 saturated heterocycles. The van der Waals surface area contributed by atoms with Gasteiger partial charge in [-0.1, -0.05) is 0 Å². The normalized spacial score (nSPS) is 10.9. The van der Waals surface area contributed by atoms with Gasteiger partial charge in [-0.25, -0.2) is 0 Å². The lowest BCUT2D eigenvalue weighted by Crippen LogP contribution is -2.08. The molecule has 15 heavy (non-hydrogen) atoms. The van der Waals surface area contributed by atoms with Gasteiger partial charge in [0, 0.05) is 20.6 Å². The van der Waals surface area contributed by atoms with Crippen molar-refractivity contribution in [2.45, 2.75) is 6.54 Å². The van der Waals surface area contributed by atoms with Gasteiger partial charge in [0.2, 0.25) is 0 Å². The molecular weight excluding hydrogens is 305 g/mol. The number of benzene rings is 1. The summed E-state index contributed by atoms with van der Waals surface area (Å²) < 4.78 is 6.67. The van der Waals surface area contributed by atoms with Crippen LogP contribution in [0.3, 0.4) is 0 Å². The topological polar surface area (TPSA) is 55.3 Å². The van der Waals surface area contributed by atoms with Gasteiger partial charge < -0.3 is 15.1 Å². The summed E-state index contributed by atoms with van der Waals surface area (Å²) in [7, 11) is 3.81. The van der Waals surface area contributed by atoms with Gasteiger partial charge in [0.15, 0.2) is 5.58 Å². The molecule has 0 fully saturated rings. The van der Waals surface area contributed by atoms with Crippen molar-refractivity contribution in [3.05, 3.63) is 21.3 Å². The van der Waals surface area contributed by atoms with Gasteiger partial charge in [-0.05, 0) is 40.3 Å². The summed E-state index contributed by atoms with van der Waals surface area (Å²) in [6.45, 7) is 0.524. The van der Waals surface area contributed by atoms with E-state index in [4.69, 9.17) is 10.2 Å². The van der Waals surface area contributed by atoms with Crippen LogP contribution in [-0.4, -0.2) is 19.1 Å². The zero-order valence-electron chi connectivity index (χ0n) is 8.62. The summed E-state index contributed by atoms with van der Waals surface area (Å²) in [5.41, 5.74) is 8.38. The molecule has 80 valence electrons. The summed E-state index contributed by atoms with van der Waals surface area (Å²) in [4.78, 5) is 6.23. The van der Waals surface area contributed by atoms with Crippen molar-refractivity contribution in [1.82, 2.24) is 4.98 Å². The van der Waals surface area contributed by atoms with Crippen molar-refractivity contribution in [2.75, 3.05) is 19.0 Å². The first-order chi connectivity index (χ1) is 7.11. The maximum atomic E-state index is 5.63. The third-order valence-corrected chi connectivity index (χ3v) is 2.91. The second-order valence-electron chi connectivity index (χ2n) is 3.52. The number of nitrogens with zero attached hydrogens (tertiary/aromatic N) is 2. The SMILES string of the molecule is CN(C)c1nc2cc(CN)cc(I)c2o1. The first-order valence-corrected chi connectivity index (χ1v) is 5.66. The van der Waals surface area contributed by atoms with Crippen LogP contribution in [0.5, 0.6) is 0 Å². The zero-order chi connectivity index (χ0) is 11.0. The van der Waals surface area contributed by atoms with Crippen LogP contribution >= 0.6 is 22.6 Å². The smallest absolute Gasteiger partial charge is 0.297 e. The summed E-state index contributed by atoms with van der Waals surface area (Å²) in [5, 5.41) is 0. The number of oxazole rings is 1. The van der Waals surface area contributed by atoms with Crippen molar-refractivity contribution in [3.8, 4) is 0 Å². The van der Waals surface area contributed by atoms with E-state index in [9.17, 15) is 0 Å². The summed E-state index contributed by atoms with van der Waals surface area (Å²) >= 11 is 2.24. The highest BCUT2D eigenvalue weighted by atomic mass is 127. The van der Waals surface area contributed by atoms with E-state index < -0.39 is 0 Å². The Morgan fingerprint density at radius 1 is 1.47 bits per heavy atom. The Kier molecular flexibility index (Phi) is 2.83. The molecule has 0 aliphatic carbocycles. The molecule has 0 amide bonds. The Morgan fingerprint density at radius 3 is 2.80 bits per heavy atom. The van der Waals surface area contributed by atoms with E-state index in [0.717, 1.165) is 20.2 Å². The molecule has 0 unspecified atom stereocenters. The van der Waals surface area contributed by atoms with Crippen LogP contribution in [0.1, 0.15) is 5.56 Å². The number of halogens is 1. The van der Waals surface area contributed by atoms with Gasteiger partial charge in [-0.2, -0.15) is 4.98 Å². The number of rotatable bonds is 2. The van der Waals surface area contributed by atoms with E-state index in [1.807, 2.05) is 31.1 Å². The van der Waals surface area contributed by atoms with E-state index in [-0.39, 0.29) is 0 Å². The minimum Gasteiger partial charge on any atom is -0.422 e. The first kappa shape index (κ1) is 10.7. The molecule has 0 aliphatic heterocycles. The Hall–Kier alpha value is -0.820. The van der Waals surface area contributed by atoms with Crippen LogP contribution in [-0.2, 0) is 6.54 Å². The summed E-state index contributed by atoms with van der Waals surface area (Å²) in [6, 6.07) is 4.61. The van der Waals surface area contributed by atoms with Crippen LogP contribution in [0.25, 0.3) is 11.1 Å². The highest BCUT2D eigenvalue weighted by Gasteiger charge is 2.11. The highest BCUT2D eigenvalue weighted by molar-refractivity contribution is 14.1. The first-order valence-electron chi connectivity index (χ1n) is 4.58. The lowest BCUT2D eigenvalue weighted by molar-refractivity contribution is 0.595. The fourth-order valence-electron chi connectivity index (χ4n) is 1.34. The fraction of sp³-hybridized carbons (Fsp3) is 0.300. The molecule has 0 atom stereocenters. The van der Waals surface area contributed by atoms with Crippen molar-refractivity contribution in [2.24, 2.45) is 5.73 Å². The quantitative estimate of drug-likeness (QED) is 0.860. The third-order valence-electron chi connectivity index (χ3n) is 2.11. The predicted octanol–water partition coefficient (Wildman–Crippen LogP) is 1.96. The number of aromatic nitrogens is 1. The maximum absolute atomic E-state index is 5.63. The van der Waals surface area contributed by atoms with Gasteiger partial charge in [-0.3, -0.25) is 0 Å². The van der Waals surface area contributed by atoms with Crippen LogP contribution in [0.2, 0.25) is 0 Å². The minimum absolute atomic E-state index is 0.524. The third kappa shape index (κ3) is 1.93. The maximum Gasteiger partial charge on any atom is 0.297 e. The summed E-state index contributed by atoms with van der Waals surface area (Å²) in [6.07, 6.45) is 0. The molecular formula is C10H12IN3O.